The average molecular weight is 283 g/mol. The number of thiazole rings is 1. The molecular weight excluding hydrogens is 266 g/mol. The number of thioether (sulfide) groups is 1. The van der Waals surface area contributed by atoms with Crippen molar-refractivity contribution in [2.75, 3.05) is 19.0 Å². The largest absolute Gasteiger partial charge is 0.381 e. The topological polar surface area (TPSA) is 46.5 Å². The van der Waals surface area contributed by atoms with Crippen molar-refractivity contribution < 1.29 is 4.74 Å². The number of hydrogen-bond donors (Lipinski definition) is 1. The Hall–Kier alpha value is -0.590. The van der Waals surface area contributed by atoms with Crippen LogP contribution in [0.5, 0.6) is 0 Å². The van der Waals surface area contributed by atoms with Crippen LogP contribution in [0.4, 0.5) is 0 Å². The normalized spacial score (nSPS) is 26.4. The molecule has 2 aliphatic heterocycles. The maximum absolute atomic E-state index is 5.43. The van der Waals surface area contributed by atoms with Crippen LogP contribution in [0.3, 0.4) is 0 Å². The van der Waals surface area contributed by atoms with Crippen molar-refractivity contribution in [1.29, 1.82) is 0 Å². The number of nitrogens with zero attached hydrogens (tertiary/aromatic N) is 2. The van der Waals surface area contributed by atoms with E-state index in [1.807, 2.05) is 23.3 Å². The van der Waals surface area contributed by atoms with Crippen molar-refractivity contribution in [2.24, 2.45) is 4.99 Å². The molecule has 1 unspecified atom stereocenters. The minimum atomic E-state index is 0.148. The molecule has 2 aliphatic rings. The molecule has 1 N–H and O–H groups in total. The van der Waals surface area contributed by atoms with Crippen LogP contribution in [-0.2, 0) is 4.74 Å². The van der Waals surface area contributed by atoms with E-state index in [0.29, 0.717) is 0 Å². The zero-order chi connectivity index (χ0) is 12.4. The second-order valence-corrected chi connectivity index (χ2v) is 6.68. The van der Waals surface area contributed by atoms with Crippen molar-refractivity contribution in [2.45, 2.75) is 31.3 Å². The fourth-order valence-corrected chi connectivity index (χ4v) is 4.21. The summed E-state index contributed by atoms with van der Waals surface area (Å²) in [7, 11) is 0. The van der Waals surface area contributed by atoms with Crippen molar-refractivity contribution in [3.63, 3.8) is 0 Å². The summed E-state index contributed by atoms with van der Waals surface area (Å²) in [5.74, 6) is 1.11. The molecule has 0 bridgehead atoms. The molecule has 0 radical (unpaired) electrons. The van der Waals surface area contributed by atoms with E-state index < -0.39 is 0 Å². The molecule has 0 amide bonds. The lowest BCUT2D eigenvalue weighted by Crippen LogP contribution is -2.48. The Balaban J connectivity index is 1.67. The molecule has 18 heavy (non-hydrogen) atoms. The smallest absolute Gasteiger partial charge is 0.157 e. The summed E-state index contributed by atoms with van der Waals surface area (Å²) in [6.45, 7) is 3.83. The molecule has 1 atom stereocenters. The standard InChI is InChI=1S/C12H17N3OS2/c1-9(10-13-4-7-17-10)14-11-15-12(8-18-11)2-5-16-6-3-12/h4,7,9H,2-3,5-6,8H2,1H3,(H,14,15). The molecule has 2 fully saturated rings. The zero-order valence-electron chi connectivity index (χ0n) is 10.4. The maximum Gasteiger partial charge on any atom is 0.157 e. The SMILES string of the molecule is CC(N=C1NC2(CCOCC2)CS1)c1nccs1. The van der Waals surface area contributed by atoms with Crippen LogP contribution in [0.2, 0.25) is 0 Å². The molecular formula is C12H17N3OS2. The summed E-state index contributed by atoms with van der Waals surface area (Å²) < 4.78 is 5.43. The minimum Gasteiger partial charge on any atom is -0.381 e. The first-order valence-corrected chi connectivity index (χ1v) is 8.10. The number of rotatable bonds is 2. The molecule has 2 saturated heterocycles. The molecule has 0 aromatic carbocycles. The van der Waals surface area contributed by atoms with E-state index in [4.69, 9.17) is 9.73 Å². The van der Waals surface area contributed by atoms with E-state index in [9.17, 15) is 0 Å². The Morgan fingerprint density at radius 1 is 1.50 bits per heavy atom. The third-order valence-corrected chi connectivity index (χ3v) is 5.55. The number of nitrogens with one attached hydrogen (secondary N) is 1. The molecule has 4 nitrogen and oxygen atoms in total. The highest BCUT2D eigenvalue weighted by Crippen LogP contribution is 2.33. The highest BCUT2D eigenvalue weighted by atomic mass is 32.2. The number of ether oxygens (including phenoxy) is 1. The highest BCUT2D eigenvalue weighted by molar-refractivity contribution is 8.14. The van der Waals surface area contributed by atoms with Crippen LogP contribution < -0.4 is 5.32 Å². The Morgan fingerprint density at radius 3 is 3.06 bits per heavy atom. The second-order valence-electron chi connectivity index (χ2n) is 4.79. The molecule has 3 rings (SSSR count). The summed E-state index contributed by atoms with van der Waals surface area (Å²) in [4.78, 5) is 9.06. The van der Waals surface area contributed by atoms with E-state index in [1.165, 1.54) is 0 Å². The molecule has 98 valence electrons. The van der Waals surface area contributed by atoms with Crippen LogP contribution in [0.1, 0.15) is 30.8 Å². The number of amidine groups is 1. The molecule has 1 spiro atoms. The highest BCUT2D eigenvalue weighted by Gasteiger charge is 2.38. The first-order valence-electron chi connectivity index (χ1n) is 6.23. The van der Waals surface area contributed by atoms with Crippen LogP contribution >= 0.6 is 23.1 Å². The molecule has 6 heteroatoms. The van der Waals surface area contributed by atoms with Gasteiger partial charge in [0, 0.05) is 30.5 Å². The Bertz CT molecular complexity index is 427. The fraction of sp³-hybridized carbons (Fsp3) is 0.667. The summed E-state index contributed by atoms with van der Waals surface area (Å²) in [5, 5.41) is 7.76. The fourth-order valence-electron chi connectivity index (χ4n) is 2.28. The number of aliphatic imine (C=N–C) groups is 1. The summed E-state index contributed by atoms with van der Waals surface area (Å²) in [6.07, 6.45) is 4.02. The van der Waals surface area contributed by atoms with Crippen molar-refractivity contribution in [3.05, 3.63) is 16.6 Å². The Morgan fingerprint density at radius 2 is 2.33 bits per heavy atom. The van der Waals surface area contributed by atoms with Crippen molar-refractivity contribution in [1.82, 2.24) is 10.3 Å². The lowest BCUT2D eigenvalue weighted by Gasteiger charge is -2.32. The Kier molecular flexibility index (Phi) is 3.59. The number of hydrogen-bond acceptors (Lipinski definition) is 5. The summed E-state index contributed by atoms with van der Waals surface area (Å²) in [6, 6.07) is 0.148. The third-order valence-electron chi connectivity index (χ3n) is 3.43. The van der Waals surface area contributed by atoms with Gasteiger partial charge in [0.1, 0.15) is 11.0 Å². The van der Waals surface area contributed by atoms with Gasteiger partial charge >= 0.3 is 0 Å². The third kappa shape index (κ3) is 2.55. The van der Waals surface area contributed by atoms with Gasteiger partial charge in [0.15, 0.2) is 5.17 Å². The predicted octanol–water partition coefficient (Wildman–Crippen LogP) is 2.45. The van der Waals surface area contributed by atoms with Crippen LogP contribution in [-0.4, -0.2) is 34.7 Å². The van der Waals surface area contributed by atoms with Crippen LogP contribution in [0.15, 0.2) is 16.6 Å². The monoisotopic (exact) mass is 283 g/mol. The van der Waals surface area contributed by atoms with E-state index >= 15 is 0 Å². The lowest BCUT2D eigenvalue weighted by atomic mass is 9.93. The maximum atomic E-state index is 5.43. The van der Waals surface area contributed by atoms with Gasteiger partial charge in [-0.3, -0.25) is 4.99 Å². The van der Waals surface area contributed by atoms with Crippen molar-refractivity contribution >= 4 is 28.3 Å². The van der Waals surface area contributed by atoms with Crippen molar-refractivity contribution in [3.8, 4) is 0 Å². The average Bonchev–Trinajstić information content (AvgIpc) is 3.01. The first kappa shape index (κ1) is 12.4. The Labute approximate surface area is 115 Å². The van der Waals surface area contributed by atoms with Gasteiger partial charge in [-0.2, -0.15) is 0 Å². The van der Waals surface area contributed by atoms with E-state index in [0.717, 1.165) is 42.0 Å². The van der Waals surface area contributed by atoms with Gasteiger partial charge in [-0.05, 0) is 19.8 Å². The van der Waals surface area contributed by atoms with Crippen LogP contribution in [0, 0.1) is 0 Å². The van der Waals surface area contributed by atoms with Gasteiger partial charge in [0.2, 0.25) is 0 Å². The predicted molar refractivity (Wildman–Crippen MR) is 76.3 cm³/mol. The second kappa shape index (κ2) is 5.19. The van der Waals surface area contributed by atoms with Gasteiger partial charge in [-0.1, -0.05) is 11.8 Å². The quantitative estimate of drug-likeness (QED) is 0.905. The van der Waals surface area contributed by atoms with E-state index in [2.05, 4.69) is 17.2 Å². The molecule has 0 saturated carbocycles. The first-order chi connectivity index (χ1) is 8.77. The van der Waals surface area contributed by atoms with Gasteiger partial charge in [0.25, 0.3) is 0 Å². The lowest BCUT2D eigenvalue weighted by molar-refractivity contribution is 0.0555. The van der Waals surface area contributed by atoms with Crippen LogP contribution in [0.25, 0.3) is 0 Å². The summed E-state index contributed by atoms with van der Waals surface area (Å²) in [5.41, 5.74) is 0.227. The van der Waals surface area contributed by atoms with E-state index in [-0.39, 0.29) is 11.6 Å². The van der Waals surface area contributed by atoms with Gasteiger partial charge in [-0.25, -0.2) is 4.98 Å². The van der Waals surface area contributed by atoms with Gasteiger partial charge in [0.05, 0.1) is 5.54 Å². The molecule has 0 aliphatic carbocycles. The number of aromatic nitrogens is 1. The minimum absolute atomic E-state index is 0.148. The van der Waals surface area contributed by atoms with E-state index in [1.54, 1.807) is 11.3 Å². The zero-order valence-corrected chi connectivity index (χ0v) is 12.0. The molecule has 3 heterocycles. The molecule has 1 aromatic heterocycles. The van der Waals surface area contributed by atoms with Gasteiger partial charge < -0.3 is 10.1 Å². The molecule has 1 aromatic rings. The summed E-state index contributed by atoms with van der Waals surface area (Å²) >= 11 is 3.50. The van der Waals surface area contributed by atoms with Gasteiger partial charge in [-0.15, -0.1) is 11.3 Å².